The molecule has 2 aliphatic heterocycles. The third-order valence-electron chi connectivity index (χ3n) is 4.29. The van der Waals surface area contributed by atoms with Crippen molar-refractivity contribution in [2.24, 2.45) is 0 Å². The number of benzene rings is 1. The summed E-state index contributed by atoms with van der Waals surface area (Å²) in [7, 11) is 0. The van der Waals surface area contributed by atoms with E-state index in [-0.39, 0.29) is 5.91 Å². The topological polar surface area (TPSA) is 41.6 Å². The van der Waals surface area contributed by atoms with Crippen LogP contribution in [0, 0.1) is 0 Å². The highest BCUT2D eigenvalue weighted by Crippen LogP contribution is 2.24. The molecule has 21 heavy (non-hydrogen) atoms. The quantitative estimate of drug-likeness (QED) is 0.905. The van der Waals surface area contributed by atoms with E-state index >= 15 is 0 Å². The van der Waals surface area contributed by atoms with Gasteiger partial charge in [-0.25, -0.2) is 0 Å². The van der Waals surface area contributed by atoms with Crippen LogP contribution in [0.15, 0.2) is 28.7 Å². The summed E-state index contributed by atoms with van der Waals surface area (Å²) in [6.07, 6.45) is 3.98. The minimum Gasteiger partial charge on any atom is -0.492 e. The van der Waals surface area contributed by atoms with Crippen LogP contribution in [0.3, 0.4) is 0 Å². The van der Waals surface area contributed by atoms with Gasteiger partial charge in [0.25, 0.3) is 0 Å². The average molecular weight is 353 g/mol. The summed E-state index contributed by atoms with van der Waals surface area (Å²) in [5, 5.41) is 3.60. The van der Waals surface area contributed by atoms with Gasteiger partial charge >= 0.3 is 0 Å². The Kier molecular flexibility index (Phi) is 4.80. The number of carbonyl (C=O) groups excluding carboxylic acids is 1. The number of likely N-dealkylation sites (tertiary alicyclic amines) is 1. The normalized spacial score (nSPS) is 24.7. The molecule has 2 aliphatic rings. The lowest BCUT2D eigenvalue weighted by atomic mass is 10.1. The third kappa shape index (κ3) is 3.77. The number of fused-ring (bicyclic) bond motifs is 2. The maximum Gasteiger partial charge on any atom is 0.226 e. The average Bonchev–Trinajstić information content (AvgIpc) is 2.80. The summed E-state index contributed by atoms with van der Waals surface area (Å²) in [5.74, 6) is 0.998. The van der Waals surface area contributed by atoms with Gasteiger partial charge in [0.1, 0.15) is 5.75 Å². The number of rotatable bonds is 4. The molecular weight excluding hydrogens is 332 g/mol. The largest absolute Gasteiger partial charge is 0.492 e. The molecule has 0 aliphatic carbocycles. The molecule has 1 amide bonds. The zero-order chi connectivity index (χ0) is 14.7. The van der Waals surface area contributed by atoms with Gasteiger partial charge in [-0.2, -0.15) is 0 Å². The molecular formula is C16H21BrN2O2. The van der Waals surface area contributed by atoms with Crippen molar-refractivity contribution in [1.82, 2.24) is 10.2 Å². The first-order valence-electron chi connectivity index (χ1n) is 7.63. The highest BCUT2D eigenvalue weighted by molar-refractivity contribution is 9.10. The van der Waals surface area contributed by atoms with Crippen LogP contribution in [0.4, 0.5) is 0 Å². The van der Waals surface area contributed by atoms with Gasteiger partial charge in [-0.1, -0.05) is 12.1 Å². The van der Waals surface area contributed by atoms with E-state index in [9.17, 15) is 4.79 Å². The second-order valence-electron chi connectivity index (χ2n) is 5.80. The Morgan fingerprint density at radius 1 is 1.29 bits per heavy atom. The fourth-order valence-electron chi connectivity index (χ4n) is 3.14. The molecule has 0 aromatic heterocycles. The number of hydrogen-bond donors (Lipinski definition) is 1. The number of nitrogens with one attached hydrogen (secondary N) is 1. The van der Waals surface area contributed by atoms with Crippen molar-refractivity contribution >= 4 is 21.8 Å². The molecule has 2 atom stereocenters. The Bertz CT molecular complexity index is 509. The molecule has 2 bridgehead atoms. The van der Waals surface area contributed by atoms with Crippen LogP contribution in [0.5, 0.6) is 5.75 Å². The Labute approximate surface area is 134 Å². The predicted molar refractivity (Wildman–Crippen MR) is 85.4 cm³/mol. The van der Waals surface area contributed by atoms with Crippen molar-refractivity contribution in [3.05, 3.63) is 28.7 Å². The van der Waals surface area contributed by atoms with E-state index in [2.05, 4.69) is 21.2 Å². The SMILES string of the molecule is O=C(CCOc1ccccc1Br)N1CCC2CCC(C1)N2. The lowest BCUT2D eigenvalue weighted by Crippen LogP contribution is -2.39. The van der Waals surface area contributed by atoms with E-state index in [0.29, 0.717) is 25.1 Å². The number of nitrogens with zero attached hydrogens (tertiary/aromatic N) is 1. The molecule has 1 aromatic carbocycles. The Balaban J connectivity index is 1.47. The molecule has 5 heteroatoms. The van der Waals surface area contributed by atoms with Crippen LogP contribution in [0.1, 0.15) is 25.7 Å². The number of amides is 1. The van der Waals surface area contributed by atoms with Crippen molar-refractivity contribution in [3.63, 3.8) is 0 Å². The lowest BCUT2D eigenvalue weighted by molar-refractivity contribution is -0.131. The highest BCUT2D eigenvalue weighted by atomic mass is 79.9. The maximum atomic E-state index is 12.3. The van der Waals surface area contributed by atoms with Gasteiger partial charge in [0, 0.05) is 25.2 Å². The fourth-order valence-corrected chi connectivity index (χ4v) is 3.54. The molecule has 0 radical (unpaired) electrons. The summed E-state index contributed by atoms with van der Waals surface area (Å²) in [5.41, 5.74) is 0. The van der Waals surface area contributed by atoms with Crippen molar-refractivity contribution in [3.8, 4) is 5.75 Å². The number of halogens is 1. The molecule has 4 nitrogen and oxygen atoms in total. The smallest absolute Gasteiger partial charge is 0.226 e. The van der Waals surface area contributed by atoms with Crippen molar-refractivity contribution in [2.75, 3.05) is 19.7 Å². The van der Waals surface area contributed by atoms with Crippen LogP contribution in [0.25, 0.3) is 0 Å². The van der Waals surface area contributed by atoms with Crippen LogP contribution in [-0.2, 0) is 4.79 Å². The Morgan fingerprint density at radius 2 is 2.10 bits per heavy atom. The van der Waals surface area contributed by atoms with Gasteiger partial charge in [-0.3, -0.25) is 4.79 Å². The van der Waals surface area contributed by atoms with E-state index in [0.717, 1.165) is 29.7 Å². The summed E-state index contributed by atoms with van der Waals surface area (Å²) in [6, 6.07) is 8.83. The zero-order valence-electron chi connectivity index (χ0n) is 12.1. The second kappa shape index (κ2) is 6.79. The molecule has 0 saturated carbocycles. The molecule has 2 unspecified atom stereocenters. The van der Waals surface area contributed by atoms with Crippen molar-refractivity contribution < 1.29 is 9.53 Å². The summed E-state index contributed by atoms with van der Waals surface area (Å²) in [4.78, 5) is 14.3. The number of para-hydroxylation sites is 1. The van der Waals surface area contributed by atoms with Crippen LogP contribution in [0.2, 0.25) is 0 Å². The monoisotopic (exact) mass is 352 g/mol. The molecule has 2 fully saturated rings. The Morgan fingerprint density at radius 3 is 2.95 bits per heavy atom. The molecule has 1 N–H and O–H groups in total. The molecule has 0 spiro atoms. The van der Waals surface area contributed by atoms with E-state index < -0.39 is 0 Å². The first kappa shape index (κ1) is 14.9. The first-order valence-corrected chi connectivity index (χ1v) is 8.43. The molecule has 3 rings (SSSR count). The van der Waals surface area contributed by atoms with Crippen LogP contribution >= 0.6 is 15.9 Å². The first-order chi connectivity index (χ1) is 10.2. The van der Waals surface area contributed by atoms with Gasteiger partial charge in [-0.05, 0) is 47.3 Å². The molecule has 1 aromatic rings. The van der Waals surface area contributed by atoms with Gasteiger partial charge < -0.3 is 15.0 Å². The second-order valence-corrected chi connectivity index (χ2v) is 6.65. The molecule has 114 valence electrons. The standard InChI is InChI=1S/C16H21BrN2O2/c17-14-3-1-2-4-15(14)21-10-8-16(20)19-9-7-12-5-6-13(11-19)18-12/h1-4,12-13,18H,5-11H2. The van der Waals surface area contributed by atoms with Gasteiger partial charge in [-0.15, -0.1) is 0 Å². The maximum absolute atomic E-state index is 12.3. The number of ether oxygens (including phenoxy) is 1. The highest BCUT2D eigenvalue weighted by Gasteiger charge is 2.30. The van der Waals surface area contributed by atoms with Crippen LogP contribution < -0.4 is 10.1 Å². The van der Waals surface area contributed by atoms with E-state index in [1.54, 1.807) is 0 Å². The summed E-state index contributed by atoms with van der Waals surface area (Å²) < 4.78 is 6.61. The summed E-state index contributed by atoms with van der Waals surface area (Å²) >= 11 is 3.44. The van der Waals surface area contributed by atoms with Gasteiger partial charge in [0.05, 0.1) is 17.5 Å². The minimum absolute atomic E-state index is 0.205. The van der Waals surface area contributed by atoms with Crippen LogP contribution in [-0.4, -0.2) is 42.6 Å². The van der Waals surface area contributed by atoms with E-state index in [1.165, 1.54) is 12.8 Å². The van der Waals surface area contributed by atoms with Crippen molar-refractivity contribution in [1.29, 1.82) is 0 Å². The van der Waals surface area contributed by atoms with Gasteiger partial charge in [0.15, 0.2) is 0 Å². The zero-order valence-corrected chi connectivity index (χ0v) is 13.6. The number of carbonyl (C=O) groups is 1. The van der Waals surface area contributed by atoms with Crippen molar-refractivity contribution in [2.45, 2.75) is 37.8 Å². The number of hydrogen-bond acceptors (Lipinski definition) is 3. The fraction of sp³-hybridized carbons (Fsp3) is 0.562. The predicted octanol–water partition coefficient (Wildman–Crippen LogP) is 2.57. The molecule has 2 saturated heterocycles. The minimum atomic E-state index is 0.205. The Hall–Kier alpha value is -1.07. The lowest BCUT2D eigenvalue weighted by Gasteiger charge is -2.24. The van der Waals surface area contributed by atoms with Gasteiger partial charge in [0.2, 0.25) is 5.91 Å². The summed E-state index contributed by atoms with van der Waals surface area (Å²) in [6.45, 7) is 2.16. The van der Waals surface area contributed by atoms with E-state index in [4.69, 9.17) is 4.74 Å². The molecule has 2 heterocycles. The van der Waals surface area contributed by atoms with E-state index in [1.807, 2.05) is 29.2 Å². The third-order valence-corrected chi connectivity index (χ3v) is 4.94.